The number of halogens is 1. The van der Waals surface area contributed by atoms with Gasteiger partial charge in [0, 0.05) is 32.3 Å². The fourth-order valence-electron chi connectivity index (χ4n) is 2.10. The Bertz CT molecular complexity index is 350. The molecular formula is C13H20FN3O. The van der Waals surface area contributed by atoms with Crippen LogP contribution in [0.15, 0.2) is 18.3 Å². The number of nitrogens with zero attached hydrogens (tertiary/aromatic N) is 2. The highest BCUT2D eigenvalue weighted by Gasteiger charge is 2.12. The van der Waals surface area contributed by atoms with E-state index in [1.807, 2.05) is 0 Å². The van der Waals surface area contributed by atoms with Gasteiger partial charge in [0.2, 0.25) is 0 Å². The minimum Gasteiger partial charge on any atom is -0.380 e. The van der Waals surface area contributed by atoms with Crippen molar-refractivity contribution in [3.63, 3.8) is 0 Å². The van der Waals surface area contributed by atoms with E-state index in [0.29, 0.717) is 0 Å². The molecule has 18 heavy (non-hydrogen) atoms. The van der Waals surface area contributed by atoms with Gasteiger partial charge in [-0.25, -0.2) is 4.39 Å². The minimum atomic E-state index is -0.324. The summed E-state index contributed by atoms with van der Waals surface area (Å²) in [7, 11) is 0. The molecular weight excluding hydrogens is 233 g/mol. The third-order valence-corrected chi connectivity index (χ3v) is 3.20. The largest absolute Gasteiger partial charge is 0.380 e. The maximum absolute atomic E-state index is 12.7. The lowest BCUT2D eigenvalue weighted by atomic mass is 10.1. The van der Waals surface area contributed by atoms with Gasteiger partial charge >= 0.3 is 0 Å². The molecule has 1 unspecified atom stereocenters. The summed E-state index contributed by atoms with van der Waals surface area (Å²) < 4.78 is 18.1. The van der Waals surface area contributed by atoms with Crippen LogP contribution in [0.2, 0.25) is 0 Å². The number of hydrogen-bond acceptors (Lipinski definition) is 4. The van der Waals surface area contributed by atoms with Gasteiger partial charge in [0.15, 0.2) is 0 Å². The smallest absolute Gasteiger partial charge is 0.141 e. The van der Waals surface area contributed by atoms with E-state index in [9.17, 15) is 4.39 Å². The van der Waals surface area contributed by atoms with E-state index in [2.05, 4.69) is 9.88 Å². The average Bonchev–Trinajstić information content (AvgIpc) is 2.65. The summed E-state index contributed by atoms with van der Waals surface area (Å²) in [5.74, 6) is -0.324. The Hall–Kier alpha value is -1.04. The number of pyridine rings is 1. The first-order valence-corrected chi connectivity index (χ1v) is 6.43. The molecule has 1 saturated heterocycles. The zero-order valence-electron chi connectivity index (χ0n) is 10.5. The fourth-order valence-corrected chi connectivity index (χ4v) is 2.10. The highest BCUT2D eigenvalue weighted by atomic mass is 19.1. The molecule has 1 fully saturated rings. The molecule has 100 valence electrons. The van der Waals surface area contributed by atoms with E-state index in [-0.39, 0.29) is 11.9 Å². The molecule has 0 amide bonds. The maximum Gasteiger partial charge on any atom is 0.141 e. The zero-order chi connectivity index (χ0) is 12.8. The third kappa shape index (κ3) is 4.01. The Kier molecular flexibility index (Phi) is 5.04. The maximum atomic E-state index is 12.7. The first-order valence-electron chi connectivity index (χ1n) is 6.43. The summed E-state index contributed by atoms with van der Waals surface area (Å²) in [6.07, 6.45) is 3.12. The molecule has 0 saturated carbocycles. The van der Waals surface area contributed by atoms with Crippen LogP contribution in [0.25, 0.3) is 0 Å². The molecule has 0 spiro atoms. The SMILES string of the molecule is NC(CCN1CCCOCC1)c1ccc(F)cn1. The second-order valence-corrected chi connectivity index (χ2v) is 4.60. The molecule has 4 nitrogen and oxygen atoms in total. The normalized spacial score (nSPS) is 19.4. The van der Waals surface area contributed by atoms with Crippen LogP contribution in [0.1, 0.15) is 24.6 Å². The number of nitrogens with two attached hydrogens (primary N) is 1. The van der Waals surface area contributed by atoms with E-state index in [4.69, 9.17) is 10.5 Å². The topological polar surface area (TPSA) is 51.4 Å². The van der Waals surface area contributed by atoms with Gasteiger partial charge < -0.3 is 15.4 Å². The summed E-state index contributed by atoms with van der Waals surface area (Å²) in [5.41, 5.74) is 6.81. The predicted molar refractivity (Wildman–Crippen MR) is 67.6 cm³/mol. The van der Waals surface area contributed by atoms with Crippen LogP contribution in [0.4, 0.5) is 4.39 Å². The summed E-state index contributed by atoms with van der Waals surface area (Å²) in [6, 6.07) is 2.93. The molecule has 1 aromatic heterocycles. The minimum absolute atomic E-state index is 0.130. The summed E-state index contributed by atoms with van der Waals surface area (Å²) in [6.45, 7) is 4.60. The lowest BCUT2D eigenvalue weighted by molar-refractivity contribution is 0.141. The molecule has 0 bridgehead atoms. The van der Waals surface area contributed by atoms with Crippen LogP contribution < -0.4 is 5.73 Å². The van der Waals surface area contributed by atoms with E-state index < -0.39 is 0 Å². The molecule has 1 aromatic rings. The van der Waals surface area contributed by atoms with Crippen molar-refractivity contribution in [2.45, 2.75) is 18.9 Å². The number of rotatable bonds is 4. The molecule has 0 aromatic carbocycles. The molecule has 1 atom stereocenters. The number of hydrogen-bond donors (Lipinski definition) is 1. The lowest BCUT2D eigenvalue weighted by Gasteiger charge is -2.21. The van der Waals surface area contributed by atoms with Gasteiger partial charge in [-0.05, 0) is 25.0 Å². The molecule has 0 aliphatic carbocycles. The Morgan fingerprint density at radius 1 is 1.39 bits per heavy atom. The van der Waals surface area contributed by atoms with Crippen molar-refractivity contribution in [2.75, 3.05) is 32.8 Å². The van der Waals surface area contributed by atoms with Crippen LogP contribution in [0.5, 0.6) is 0 Å². The van der Waals surface area contributed by atoms with Crippen molar-refractivity contribution in [3.05, 3.63) is 29.8 Å². The first-order chi connectivity index (χ1) is 8.75. The number of ether oxygens (including phenoxy) is 1. The van der Waals surface area contributed by atoms with Crippen molar-refractivity contribution >= 4 is 0 Å². The van der Waals surface area contributed by atoms with Crippen molar-refractivity contribution in [1.29, 1.82) is 0 Å². The van der Waals surface area contributed by atoms with Gasteiger partial charge in [0.05, 0.1) is 18.5 Å². The Morgan fingerprint density at radius 2 is 2.28 bits per heavy atom. The molecule has 1 aliphatic heterocycles. The van der Waals surface area contributed by atoms with Crippen molar-refractivity contribution < 1.29 is 9.13 Å². The Balaban J connectivity index is 1.80. The fraction of sp³-hybridized carbons (Fsp3) is 0.615. The van der Waals surface area contributed by atoms with Crippen LogP contribution >= 0.6 is 0 Å². The predicted octanol–water partition coefficient (Wildman–Crippen LogP) is 1.33. The van der Waals surface area contributed by atoms with Gasteiger partial charge in [0.25, 0.3) is 0 Å². The second-order valence-electron chi connectivity index (χ2n) is 4.60. The van der Waals surface area contributed by atoms with Crippen LogP contribution in [0, 0.1) is 5.82 Å². The quantitative estimate of drug-likeness (QED) is 0.879. The van der Waals surface area contributed by atoms with Gasteiger partial charge in [-0.15, -0.1) is 0 Å². The Morgan fingerprint density at radius 3 is 3.06 bits per heavy atom. The Labute approximate surface area is 107 Å². The van der Waals surface area contributed by atoms with E-state index >= 15 is 0 Å². The molecule has 5 heteroatoms. The summed E-state index contributed by atoms with van der Waals surface area (Å²) in [5, 5.41) is 0. The molecule has 1 aliphatic rings. The zero-order valence-corrected chi connectivity index (χ0v) is 10.5. The molecule has 2 heterocycles. The van der Waals surface area contributed by atoms with Crippen LogP contribution in [-0.2, 0) is 4.74 Å². The van der Waals surface area contributed by atoms with Crippen LogP contribution in [0.3, 0.4) is 0 Å². The summed E-state index contributed by atoms with van der Waals surface area (Å²) >= 11 is 0. The second kappa shape index (κ2) is 6.78. The average molecular weight is 253 g/mol. The van der Waals surface area contributed by atoms with Gasteiger partial charge in [-0.2, -0.15) is 0 Å². The van der Waals surface area contributed by atoms with Gasteiger partial charge in [-0.3, -0.25) is 4.98 Å². The monoisotopic (exact) mass is 253 g/mol. The van der Waals surface area contributed by atoms with Crippen molar-refractivity contribution in [1.82, 2.24) is 9.88 Å². The van der Waals surface area contributed by atoms with Crippen molar-refractivity contribution in [3.8, 4) is 0 Å². The van der Waals surface area contributed by atoms with Crippen LogP contribution in [-0.4, -0.2) is 42.7 Å². The molecule has 2 N–H and O–H groups in total. The highest BCUT2D eigenvalue weighted by molar-refractivity contribution is 5.09. The van der Waals surface area contributed by atoms with Gasteiger partial charge in [0.1, 0.15) is 5.82 Å². The van der Waals surface area contributed by atoms with Gasteiger partial charge in [-0.1, -0.05) is 0 Å². The number of aromatic nitrogens is 1. The van der Waals surface area contributed by atoms with E-state index in [1.54, 1.807) is 6.07 Å². The van der Waals surface area contributed by atoms with Crippen molar-refractivity contribution in [2.24, 2.45) is 5.73 Å². The lowest BCUT2D eigenvalue weighted by Crippen LogP contribution is -2.29. The molecule has 0 radical (unpaired) electrons. The van der Waals surface area contributed by atoms with E-state index in [1.165, 1.54) is 12.3 Å². The standard InChI is InChI=1S/C13H20FN3O/c14-11-2-3-13(16-10-11)12(15)4-6-17-5-1-8-18-9-7-17/h2-3,10,12H,1,4-9,15H2. The highest BCUT2D eigenvalue weighted by Crippen LogP contribution is 2.12. The third-order valence-electron chi connectivity index (χ3n) is 3.20. The van der Waals surface area contributed by atoms with E-state index in [0.717, 1.165) is 51.4 Å². The first kappa shape index (κ1) is 13.4. The summed E-state index contributed by atoms with van der Waals surface area (Å²) in [4.78, 5) is 6.37. The molecule has 2 rings (SSSR count).